The second-order valence-corrected chi connectivity index (χ2v) is 11.1. The summed E-state index contributed by atoms with van der Waals surface area (Å²) in [7, 11) is 0. The summed E-state index contributed by atoms with van der Waals surface area (Å²) in [6, 6.07) is 41.4. The Morgan fingerprint density at radius 2 is 1.16 bits per heavy atom. The van der Waals surface area contributed by atoms with Crippen LogP contribution in [0.4, 0.5) is 0 Å². The van der Waals surface area contributed by atoms with Crippen molar-refractivity contribution in [2.45, 2.75) is 0 Å². The number of rotatable bonds is 2. The predicted octanol–water partition coefficient (Wildman–Crippen LogP) is 9.23. The molecule has 5 aromatic carbocycles. The molecule has 0 amide bonds. The molecular weight excluding hydrogens is 526 g/mol. The van der Waals surface area contributed by atoms with Crippen LogP contribution >= 0.6 is 0 Å². The molecule has 0 bridgehead atoms. The molecule has 0 aliphatic carbocycles. The second-order valence-electron chi connectivity index (χ2n) is 11.1. The molecule has 0 saturated carbocycles. The third-order valence-electron chi connectivity index (χ3n) is 8.97. The lowest BCUT2D eigenvalue weighted by atomic mass is 10.0. The minimum absolute atomic E-state index is 0.957. The van der Waals surface area contributed by atoms with Gasteiger partial charge in [0.15, 0.2) is 0 Å². The molecule has 5 nitrogen and oxygen atoms in total. The Morgan fingerprint density at radius 1 is 0.442 bits per heavy atom. The fraction of sp³-hybridized carbons (Fsp3) is 0. The fourth-order valence-electron chi connectivity index (χ4n) is 7.22. The van der Waals surface area contributed by atoms with Crippen molar-refractivity contribution in [3.8, 4) is 11.4 Å². The predicted molar refractivity (Wildman–Crippen MR) is 177 cm³/mol. The SMILES string of the molecule is c1ccc(-n2c3ccccc3c3cc4c5c6c(ccc5n(-c5ccccc5)c4cc32)c2cnccc2n2ccnc62)cc1. The summed E-state index contributed by atoms with van der Waals surface area (Å²) in [5.41, 5.74) is 9.05. The van der Waals surface area contributed by atoms with Gasteiger partial charge in [0.25, 0.3) is 0 Å². The number of benzene rings is 5. The van der Waals surface area contributed by atoms with E-state index in [1.54, 1.807) is 0 Å². The number of hydrogen-bond donors (Lipinski definition) is 0. The smallest absolute Gasteiger partial charge is 0.145 e. The molecule has 43 heavy (non-hydrogen) atoms. The Balaban J connectivity index is 1.49. The van der Waals surface area contributed by atoms with Gasteiger partial charge in [-0.15, -0.1) is 0 Å². The topological polar surface area (TPSA) is 40.0 Å². The summed E-state index contributed by atoms with van der Waals surface area (Å²) in [5.74, 6) is 0. The molecule has 0 radical (unpaired) electrons. The van der Waals surface area contributed by atoms with E-state index in [-0.39, 0.29) is 0 Å². The number of para-hydroxylation sites is 3. The van der Waals surface area contributed by atoms with Crippen molar-refractivity contribution >= 4 is 70.9 Å². The van der Waals surface area contributed by atoms with Gasteiger partial charge in [-0.05, 0) is 60.0 Å². The standard InChI is InChI=1S/C38H23N5/c1-3-9-24(10-4-1)42-32-14-8-7-13-26(32)28-21-29-35(22-34(28)42)43(25-11-5-2-6-12-25)33-16-15-27-30-23-39-18-17-31(30)41-20-19-40-38(41)37(27)36(29)33/h1-23H. The van der Waals surface area contributed by atoms with Crippen LogP contribution in [-0.4, -0.2) is 23.5 Å². The van der Waals surface area contributed by atoms with Gasteiger partial charge in [0, 0.05) is 68.5 Å². The lowest BCUT2D eigenvalue weighted by molar-refractivity contribution is 1.16. The van der Waals surface area contributed by atoms with Crippen LogP contribution in [0.25, 0.3) is 82.3 Å². The van der Waals surface area contributed by atoms with Crippen LogP contribution in [0.2, 0.25) is 0 Å². The highest BCUT2D eigenvalue weighted by Crippen LogP contribution is 2.43. The van der Waals surface area contributed by atoms with Crippen LogP contribution in [0.15, 0.2) is 140 Å². The zero-order valence-corrected chi connectivity index (χ0v) is 23.0. The molecule has 0 fully saturated rings. The molecule has 0 atom stereocenters. The van der Waals surface area contributed by atoms with Crippen LogP contribution in [0.1, 0.15) is 0 Å². The molecule has 5 heterocycles. The van der Waals surface area contributed by atoms with Gasteiger partial charge in [0.05, 0.1) is 27.6 Å². The molecule has 10 aromatic rings. The average molecular weight is 550 g/mol. The largest absolute Gasteiger partial charge is 0.309 e. The zero-order valence-electron chi connectivity index (χ0n) is 23.0. The number of pyridine rings is 2. The first-order chi connectivity index (χ1) is 21.4. The van der Waals surface area contributed by atoms with Crippen molar-refractivity contribution < 1.29 is 0 Å². The molecule has 200 valence electrons. The maximum absolute atomic E-state index is 4.92. The molecular formula is C38H23N5. The summed E-state index contributed by atoms with van der Waals surface area (Å²) < 4.78 is 6.99. The number of aromatic nitrogens is 5. The Labute approximate surface area is 245 Å². The lowest BCUT2D eigenvalue weighted by Gasteiger charge is -2.11. The third kappa shape index (κ3) is 2.95. The third-order valence-corrected chi connectivity index (χ3v) is 8.97. The van der Waals surface area contributed by atoms with E-state index in [0.717, 1.165) is 49.7 Å². The zero-order chi connectivity index (χ0) is 28.1. The maximum atomic E-state index is 4.92. The number of nitrogens with zero attached hydrogens (tertiary/aromatic N) is 5. The van der Waals surface area contributed by atoms with Crippen molar-refractivity contribution in [2.75, 3.05) is 0 Å². The number of imidazole rings is 1. The molecule has 0 N–H and O–H groups in total. The monoisotopic (exact) mass is 549 g/mol. The van der Waals surface area contributed by atoms with E-state index in [9.17, 15) is 0 Å². The van der Waals surface area contributed by atoms with Gasteiger partial charge in [-0.25, -0.2) is 4.98 Å². The first-order valence-electron chi connectivity index (χ1n) is 14.5. The summed E-state index contributed by atoms with van der Waals surface area (Å²) >= 11 is 0. The second kappa shape index (κ2) is 8.30. The van der Waals surface area contributed by atoms with E-state index >= 15 is 0 Å². The molecule has 0 unspecified atom stereocenters. The maximum Gasteiger partial charge on any atom is 0.145 e. The summed E-state index contributed by atoms with van der Waals surface area (Å²) in [4.78, 5) is 9.44. The van der Waals surface area contributed by atoms with E-state index < -0.39 is 0 Å². The quantitative estimate of drug-likeness (QED) is 0.202. The van der Waals surface area contributed by atoms with Crippen molar-refractivity contribution in [1.29, 1.82) is 0 Å². The summed E-state index contributed by atoms with van der Waals surface area (Å²) in [5, 5.41) is 8.31. The van der Waals surface area contributed by atoms with E-state index in [1.165, 1.54) is 32.6 Å². The van der Waals surface area contributed by atoms with Crippen LogP contribution in [0.5, 0.6) is 0 Å². The highest BCUT2D eigenvalue weighted by molar-refractivity contribution is 6.30. The van der Waals surface area contributed by atoms with Gasteiger partial charge in [-0.2, -0.15) is 0 Å². The molecule has 5 heteroatoms. The number of fused-ring (bicyclic) bond motifs is 13. The van der Waals surface area contributed by atoms with Crippen molar-refractivity contribution in [3.63, 3.8) is 0 Å². The van der Waals surface area contributed by atoms with Crippen molar-refractivity contribution in [1.82, 2.24) is 23.5 Å². The van der Waals surface area contributed by atoms with E-state index in [1.807, 2.05) is 18.6 Å². The Kier molecular flexibility index (Phi) is 4.39. The van der Waals surface area contributed by atoms with Crippen molar-refractivity contribution in [2.24, 2.45) is 0 Å². The molecule has 10 rings (SSSR count). The van der Waals surface area contributed by atoms with Crippen LogP contribution in [0, 0.1) is 0 Å². The van der Waals surface area contributed by atoms with E-state index in [0.29, 0.717) is 0 Å². The van der Waals surface area contributed by atoms with Crippen molar-refractivity contribution in [3.05, 3.63) is 140 Å². The summed E-state index contributed by atoms with van der Waals surface area (Å²) in [6.07, 6.45) is 7.78. The highest BCUT2D eigenvalue weighted by Gasteiger charge is 2.22. The van der Waals surface area contributed by atoms with Crippen LogP contribution in [0.3, 0.4) is 0 Å². The first-order valence-corrected chi connectivity index (χ1v) is 14.5. The van der Waals surface area contributed by atoms with Gasteiger partial charge in [-0.3, -0.25) is 9.38 Å². The van der Waals surface area contributed by atoms with Gasteiger partial charge in [0.2, 0.25) is 0 Å². The Hall–Kier alpha value is -5.94. The van der Waals surface area contributed by atoms with E-state index in [4.69, 9.17) is 4.98 Å². The lowest BCUT2D eigenvalue weighted by Crippen LogP contribution is -1.95. The minimum Gasteiger partial charge on any atom is -0.309 e. The Bertz CT molecular complexity index is 2710. The molecule has 5 aromatic heterocycles. The molecule has 0 spiro atoms. The van der Waals surface area contributed by atoms with Gasteiger partial charge in [-0.1, -0.05) is 60.7 Å². The van der Waals surface area contributed by atoms with Gasteiger partial charge < -0.3 is 9.13 Å². The van der Waals surface area contributed by atoms with Crippen LogP contribution in [-0.2, 0) is 0 Å². The molecule has 0 aliphatic heterocycles. The first kappa shape index (κ1) is 22.7. The molecule has 0 saturated heterocycles. The summed E-state index contributed by atoms with van der Waals surface area (Å²) in [6.45, 7) is 0. The van der Waals surface area contributed by atoms with E-state index in [2.05, 4.69) is 140 Å². The average Bonchev–Trinajstić information content (AvgIpc) is 3.77. The minimum atomic E-state index is 0.957. The fourth-order valence-corrected chi connectivity index (χ4v) is 7.22. The number of hydrogen-bond acceptors (Lipinski definition) is 2. The van der Waals surface area contributed by atoms with Crippen LogP contribution < -0.4 is 0 Å². The highest BCUT2D eigenvalue weighted by atomic mass is 15.0. The van der Waals surface area contributed by atoms with Gasteiger partial charge >= 0.3 is 0 Å². The van der Waals surface area contributed by atoms with Gasteiger partial charge in [0.1, 0.15) is 5.65 Å². The molecule has 0 aliphatic rings. The Morgan fingerprint density at radius 3 is 1.98 bits per heavy atom. The normalized spacial score (nSPS) is 12.2.